The number of halogens is 1. The molecular weight excluding hydrogens is 382 g/mol. The summed E-state index contributed by atoms with van der Waals surface area (Å²) in [5, 5.41) is 14.9. The molecule has 1 aliphatic heterocycles. The highest BCUT2D eigenvalue weighted by atomic mass is 79.9. The minimum absolute atomic E-state index is 0.374. The van der Waals surface area contributed by atoms with E-state index in [1.165, 1.54) is 5.69 Å². The third kappa shape index (κ3) is 4.50. The van der Waals surface area contributed by atoms with Crippen LogP contribution in [0.25, 0.3) is 0 Å². The van der Waals surface area contributed by atoms with Crippen molar-refractivity contribution in [3.05, 3.63) is 40.9 Å². The molecule has 0 radical (unpaired) electrons. The Morgan fingerprint density at radius 1 is 1.36 bits per heavy atom. The second-order valence-corrected chi connectivity index (χ2v) is 6.93. The molecule has 1 aliphatic rings. The largest absolute Gasteiger partial charge is 0.369 e. The van der Waals surface area contributed by atoms with Crippen LogP contribution in [0.5, 0.6) is 0 Å². The van der Waals surface area contributed by atoms with Gasteiger partial charge >= 0.3 is 0 Å². The Hall–Kier alpha value is -2.09. The first-order chi connectivity index (χ1) is 12.2. The number of nitrogens with zero attached hydrogens (tertiary/aromatic N) is 5. The van der Waals surface area contributed by atoms with Crippen LogP contribution in [0.4, 0.5) is 5.69 Å². The number of anilines is 1. The van der Waals surface area contributed by atoms with Gasteiger partial charge in [0.25, 0.3) is 0 Å². The third-order valence-corrected chi connectivity index (χ3v) is 4.92. The lowest BCUT2D eigenvalue weighted by Gasteiger charge is -2.20. The molecule has 8 heteroatoms. The smallest absolute Gasteiger partial charge is 0.191 e. The Bertz CT molecular complexity index is 710. The molecule has 1 saturated heterocycles. The normalized spacial score (nSPS) is 17.8. The van der Waals surface area contributed by atoms with Gasteiger partial charge in [-0.25, -0.2) is 0 Å². The molecule has 0 aliphatic carbocycles. The van der Waals surface area contributed by atoms with Crippen LogP contribution in [0.2, 0.25) is 0 Å². The molecule has 1 unspecified atom stereocenters. The van der Waals surface area contributed by atoms with Crippen molar-refractivity contribution in [1.29, 1.82) is 0 Å². The standard InChI is InChI=1S/C17H24BrN7/c1-3-24-12-21-23-16(24)10-20-17(19-2)22-14-8-9-25(11-14)15-6-4-13(18)5-7-15/h4-7,12,14H,3,8-11H2,1-2H3,(H2,19,20,22). The fourth-order valence-corrected chi connectivity index (χ4v) is 3.26. The maximum Gasteiger partial charge on any atom is 0.191 e. The number of rotatable bonds is 5. The molecule has 0 spiro atoms. The molecule has 134 valence electrons. The molecule has 2 heterocycles. The Labute approximate surface area is 156 Å². The molecule has 2 N–H and O–H groups in total. The summed E-state index contributed by atoms with van der Waals surface area (Å²) in [6, 6.07) is 8.84. The van der Waals surface area contributed by atoms with E-state index in [2.05, 4.69) is 77.8 Å². The van der Waals surface area contributed by atoms with Gasteiger partial charge in [0.1, 0.15) is 6.33 Å². The number of aliphatic imine (C=N–C) groups is 1. The second-order valence-electron chi connectivity index (χ2n) is 6.01. The van der Waals surface area contributed by atoms with E-state index in [-0.39, 0.29) is 0 Å². The molecule has 1 aromatic carbocycles. The topological polar surface area (TPSA) is 70.4 Å². The van der Waals surface area contributed by atoms with E-state index in [0.717, 1.165) is 42.3 Å². The number of aromatic nitrogens is 3. The molecule has 0 saturated carbocycles. The Morgan fingerprint density at radius 2 is 2.16 bits per heavy atom. The second kappa shape index (κ2) is 8.33. The lowest BCUT2D eigenvalue weighted by atomic mass is 10.3. The summed E-state index contributed by atoms with van der Waals surface area (Å²) in [5.41, 5.74) is 1.26. The van der Waals surface area contributed by atoms with Crippen LogP contribution in [0.15, 0.2) is 40.1 Å². The van der Waals surface area contributed by atoms with Crippen molar-refractivity contribution in [2.45, 2.75) is 32.5 Å². The van der Waals surface area contributed by atoms with E-state index in [0.29, 0.717) is 12.6 Å². The van der Waals surface area contributed by atoms with Crippen molar-refractivity contribution in [2.24, 2.45) is 4.99 Å². The monoisotopic (exact) mass is 405 g/mol. The van der Waals surface area contributed by atoms with Crippen molar-refractivity contribution in [2.75, 3.05) is 25.0 Å². The van der Waals surface area contributed by atoms with Crippen molar-refractivity contribution in [3.8, 4) is 0 Å². The molecular formula is C17H24BrN7. The number of nitrogens with one attached hydrogen (secondary N) is 2. The molecule has 0 bridgehead atoms. The number of hydrogen-bond acceptors (Lipinski definition) is 4. The van der Waals surface area contributed by atoms with E-state index in [1.54, 1.807) is 13.4 Å². The molecule has 7 nitrogen and oxygen atoms in total. The van der Waals surface area contributed by atoms with Crippen molar-refractivity contribution < 1.29 is 0 Å². The zero-order valence-electron chi connectivity index (χ0n) is 14.6. The van der Waals surface area contributed by atoms with E-state index < -0.39 is 0 Å². The van der Waals surface area contributed by atoms with Gasteiger partial charge in [-0.1, -0.05) is 15.9 Å². The summed E-state index contributed by atoms with van der Waals surface area (Å²) in [6.07, 6.45) is 2.84. The fourth-order valence-electron chi connectivity index (χ4n) is 3.00. The van der Waals surface area contributed by atoms with E-state index >= 15 is 0 Å². The van der Waals surface area contributed by atoms with Gasteiger partial charge in [-0.3, -0.25) is 4.99 Å². The summed E-state index contributed by atoms with van der Waals surface area (Å²) in [6.45, 7) is 5.56. The SMILES string of the molecule is CCn1cnnc1CNC(=NC)NC1CCN(c2ccc(Br)cc2)C1. The quantitative estimate of drug-likeness (QED) is 0.587. The van der Waals surface area contributed by atoms with Crippen LogP contribution in [0, 0.1) is 0 Å². The van der Waals surface area contributed by atoms with Gasteiger partial charge in [-0.15, -0.1) is 10.2 Å². The maximum absolute atomic E-state index is 4.33. The van der Waals surface area contributed by atoms with Gasteiger partial charge in [0.2, 0.25) is 0 Å². The highest BCUT2D eigenvalue weighted by Gasteiger charge is 2.23. The van der Waals surface area contributed by atoms with Crippen LogP contribution in [0.3, 0.4) is 0 Å². The number of guanidine groups is 1. The highest BCUT2D eigenvalue weighted by Crippen LogP contribution is 2.22. The summed E-state index contributed by atoms with van der Waals surface area (Å²) < 4.78 is 3.13. The molecule has 25 heavy (non-hydrogen) atoms. The third-order valence-electron chi connectivity index (χ3n) is 4.39. The summed E-state index contributed by atoms with van der Waals surface area (Å²) in [5.74, 6) is 1.71. The van der Waals surface area contributed by atoms with E-state index in [9.17, 15) is 0 Å². The van der Waals surface area contributed by atoms with Crippen molar-refractivity contribution in [3.63, 3.8) is 0 Å². The average molecular weight is 406 g/mol. The number of aryl methyl sites for hydroxylation is 1. The van der Waals surface area contributed by atoms with Crippen LogP contribution in [0.1, 0.15) is 19.2 Å². The lowest BCUT2D eigenvalue weighted by Crippen LogP contribution is -2.44. The first-order valence-corrected chi connectivity index (χ1v) is 9.33. The average Bonchev–Trinajstić information content (AvgIpc) is 3.28. The summed E-state index contributed by atoms with van der Waals surface area (Å²) in [7, 11) is 1.79. The van der Waals surface area contributed by atoms with Gasteiger partial charge in [0.15, 0.2) is 11.8 Å². The molecule has 3 rings (SSSR count). The molecule has 0 amide bonds. The highest BCUT2D eigenvalue weighted by molar-refractivity contribution is 9.10. The predicted molar refractivity (Wildman–Crippen MR) is 104 cm³/mol. The van der Waals surface area contributed by atoms with Crippen LogP contribution < -0.4 is 15.5 Å². The minimum Gasteiger partial charge on any atom is -0.369 e. The first kappa shape index (κ1) is 17.7. The lowest BCUT2D eigenvalue weighted by molar-refractivity contribution is 0.631. The fraction of sp³-hybridized carbons (Fsp3) is 0.471. The molecule has 2 aromatic rings. The number of benzene rings is 1. The Balaban J connectivity index is 1.52. The van der Waals surface area contributed by atoms with Crippen LogP contribution in [-0.4, -0.2) is 46.9 Å². The van der Waals surface area contributed by atoms with E-state index in [4.69, 9.17) is 0 Å². The van der Waals surface area contributed by atoms with Crippen molar-refractivity contribution in [1.82, 2.24) is 25.4 Å². The number of hydrogen-bond donors (Lipinski definition) is 2. The van der Waals surface area contributed by atoms with Gasteiger partial charge in [0.05, 0.1) is 6.54 Å². The molecule has 1 atom stereocenters. The first-order valence-electron chi connectivity index (χ1n) is 8.54. The molecule has 1 fully saturated rings. The van der Waals surface area contributed by atoms with Gasteiger partial charge in [0, 0.05) is 42.9 Å². The van der Waals surface area contributed by atoms with Gasteiger partial charge < -0.3 is 20.1 Å². The van der Waals surface area contributed by atoms with Crippen LogP contribution in [-0.2, 0) is 13.1 Å². The zero-order chi connectivity index (χ0) is 17.6. The Morgan fingerprint density at radius 3 is 2.88 bits per heavy atom. The van der Waals surface area contributed by atoms with E-state index in [1.807, 2.05) is 4.57 Å². The summed E-state index contributed by atoms with van der Waals surface area (Å²) in [4.78, 5) is 6.72. The van der Waals surface area contributed by atoms with Crippen LogP contribution >= 0.6 is 15.9 Å². The van der Waals surface area contributed by atoms with Gasteiger partial charge in [-0.2, -0.15) is 0 Å². The van der Waals surface area contributed by atoms with Gasteiger partial charge in [-0.05, 0) is 37.6 Å². The summed E-state index contributed by atoms with van der Waals surface area (Å²) >= 11 is 3.49. The maximum atomic E-state index is 4.33. The predicted octanol–water partition coefficient (Wildman–Crippen LogP) is 2.00. The zero-order valence-corrected chi connectivity index (χ0v) is 16.2. The minimum atomic E-state index is 0.374. The Kier molecular flexibility index (Phi) is 5.91. The molecule has 1 aromatic heterocycles. The van der Waals surface area contributed by atoms with Crippen molar-refractivity contribution >= 4 is 27.6 Å².